The van der Waals surface area contributed by atoms with Crippen LogP contribution in [0.2, 0.25) is 6.04 Å². The normalized spacial score (nSPS) is 36.4. The molecule has 0 aromatic rings. The van der Waals surface area contributed by atoms with Crippen LogP contribution in [0, 0.1) is 0 Å². The van der Waals surface area contributed by atoms with Gasteiger partial charge in [0.1, 0.15) is 0 Å². The van der Waals surface area contributed by atoms with Crippen LogP contribution in [0.15, 0.2) is 0 Å². The van der Waals surface area contributed by atoms with E-state index in [1.54, 1.807) is 0 Å². The highest BCUT2D eigenvalue weighted by molar-refractivity contribution is 9.09. The molecule has 0 aromatic heterocycles. The molecule has 1 fully saturated rings. The number of hydrogen-bond acceptors (Lipinski definition) is 1. The summed E-state index contributed by atoms with van der Waals surface area (Å²) in [6.45, 7) is 0.965. The van der Waals surface area contributed by atoms with Gasteiger partial charge in [0.05, 0.1) is 0 Å². The monoisotopic (exact) mass is 180 g/mol. The van der Waals surface area contributed by atoms with Crippen molar-refractivity contribution in [2.24, 2.45) is 0 Å². The fourth-order valence-corrected chi connectivity index (χ4v) is 3.47. The van der Waals surface area contributed by atoms with Crippen LogP contribution in [-0.4, -0.2) is 21.2 Å². The van der Waals surface area contributed by atoms with Gasteiger partial charge >= 0.3 is 0 Å². The second-order valence-corrected chi connectivity index (χ2v) is 4.63. The Hall–Kier alpha value is 0.657. The molecule has 0 spiro atoms. The van der Waals surface area contributed by atoms with Crippen molar-refractivity contribution in [2.75, 3.05) is 6.61 Å². The molecule has 1 nitrogen and oxygen atoms in total. The summed E-state index contributed by atoms with van der Waals surface area (Å²) in [4.78, 5) is 0.661. The lowest BCUT2D eigenvalue weighted by molar-refractivity contribution is 0.313. The van der Waals surface area contributed by atoms with Crippen LogP contribution < -0.4 is 0 Å². The van der Waals surface area contributed by atoms with Gasteiger partial charge in [-0.15, -0.1) is 0 Å². The van der Waals surface area contributed by atoms with Crippen LogP contribution in [-0.2, 0) is 4.43 Å². The van der Waals surface area contributed by atoms with Crippen molar-refractivity contribution in [3.63, 3.8) is 0 Å². The fraction of sp³-hybridized carbons (Fsp3) is 1.00. The summed E-state index contributed by atoms with van der Waals surface area (Å²) in [5.74, 6) is 0. The largest absolute Gasteiger partial charge is 0.423 e. The Labute approximate surface area is 54.5 Å². The van der Waals surface area contributed by atoms with Crippen LogP contribution in [0.4, 0.5) is 0 Å². The van der Waals surface area contributed by atoms with Crippen LogP contribution in [0.1, 0.15) is 6.42 Å². The summed E-state index contributed by atoms with van der Waals surface area (Å²) in [7, 11) is -0.0533. The Morgan fingerprint density at radius 3 is 2.86 bits per heavy atom. The highest BCUT2D eigenvalue weighted by atomic mass is 79.9. The minimum Gasteiger partial charge on any atom is -0.423 e. The van der Waals surface area contributed by atoms with E-state index in [0.717, 1.165) is 6.61 Å². The SMILES string of the molecule is BrC1CC[SiH2]OC1. The van der Waals surface area contributed by atoms with Crippen LogP contribution in [0.3, 0.4) is 0 Å². The molecule has 1 aliphatic heterocycles. The minimum absolute atomic E-state index is 0.0533. The van der Waals surface area contributed by atoms with E-state index in [-0.39, 0.29) is 9.76 Å². The third-order valence-corrected chi connectivity index (χ3v) is 3.05. The van der Waals surface area contributed by atoms with E-state index >= 15 is 0 Å². The molecule has 3 heteroatoms. The maximum Gasteiger partial charge on any atom is 0.161 e. The van der Waals surface area contributed by atoms with Crippen LogP contribution in [0.25, 0.3) is 0 Å². The topological polar surface area (TPSA) is 9.23 Å². The van der Waals surface area contributed by atoms with Gasteiger partial charge in [0.15, 0.2) is 9.76 Å². The Balaban J connectivity index is 2.12. The van der Waals surface area contributed by atoms with E-state index < -0.39 is 0 Å². The van der Waals surface area contributed by atoms with Gasteiger partial charge in [-0.3, -0.25) is 0 Å². The maximum atomic E-state index is 5.27. The molecule has 42 valence electrons. The van der Waals surface area contributed by atoms with E-state index in [2.05, 4.69) is 15.9 Å². The lowest BCUT2D eigenvalue weighted by atomic mass is 10.4. The first-order chi connectivity index (χ1) is 3.39. The first-order valence-electron chi connectivity index (χ1n) is 2.61. The Kier molecular flexibility index (Phi) is 2.35. The fourth-order valence-electron chi connectivity index (χ4n) is 0.701. The van der Waals surface area contributed by atoms with Crippen molar-refractivity contribution >= 4 is 25.7 Å². The van der Waals surface area contributed by atoms with Crippen molar-refractivity contribution in [2.45, 2.75) is 17.3 Å². The molecular formula is C4H9BrOSi. The molecule has 0 bridgehead atoms. The first-order valence-corrected chi connectivity index (χ1v) is 5.11. The second kappa shape index (κ2) is 2.84. The zero-order valence-corrected chi connectivity index (χ0v) is 7.19. The maximum absolute atomic E-state index is 5.27. The average molecular weight is 181 g/mol. The third kappa shape index (κ3) is 1.93. The van der Waals surface area contributed by atoms with Gasteiger partial charge in [0, 0.05) is 11.4 Å². The molecule has 1 saturated heterocycles. The molecule has 0 radical (unpaired) electrons. The number of rotatable bonds is 0. The molecule has 0 aromatic carbocycles. The van der Waals surface area contributed by atoms with E-state index in [4.69, 9.17) is 4.43 Å². The predicted molar refractivity (Wildman–Crippen MR) is 36.6 cm³/mol. The van der Waals surface area contributed by atoms with Crippen LogP contribution in [0.5, 0.6) is 0 Å². The molecule has 1 heterocycles. The molecule has 1 rings (SSSR count). The van der Waals surface area contributed by atoms with Crippen molar-refractivity contribution in [3.05, 3.63) is 0 Å². The standard InChI is InChI=1S/C4H9BrOSi/c5-4-1-2-7-6-3-4/h4H,1-3,7H2. The minimum atomic E-state index is -0.0533. The lowest BCUT2D eigenvalue weighted by Gasteiger charge is -2.15. The number of hydrogen-bond donors (Lipinski definition) is 0. The third-order valence-electron chi connectivity index (χ3n) is 1.10. The Bertz CT molecular complexity index is 53.7. The van der Waals surface area contributed by atoms with Gasteiger partial charge in [-0.1, -0.05) is 15.9 Å². The molecular weight excluding hydrogens is 172 g/mol. The van der Waals surface area contributed by atoms with Gasteiger partial charge in [0.25, 0.3) is 0 Å². The zero-order valence-electron chi connectivity index (χ0n) is 4.19. The smallest absolute Gasteiger partial charge is 0.161 e. The molecule has 1 aliphatic rings. The molecule has 1 atom stereocenters. The van der Waals surface area contributed by atoms with E-state index in [1.165, 1.54) is 12.5 Å². The summed E-state index contributed by atoms with van der Waals surface area (Å²) < 4.78 is 5.27. The molecule has 1 unspecified atom stereocenters. The predicted octanol–water partition coefficient (Wildman–Crippen LogP) is 0.672. The van der Waals surface area contributed by atoms with E-state index in [0.29, 0.717) is 4.83 Å². The summed E-state index contributed by atoms with van der Waals surface area (Å²) in [6.07, 6.45) is 1.34. The summed E-state index contributed by atoms with van der Waals surface area (Å²) in [5.41, 5.74) is 0. The van der Waals surface area contributed by atoms with Gasteiger partial charge < -0.3 is 4.43 Å². The van der Waals surface area contributed by atoms with Crippen molar-refractivity contribution < 1.29 is 4.43 Å². The van der Waals surface area contributed by atoms with Gasteiger partial charge in [-0.2, -0.15) is 0 Å². The summed E-state index contributed by atoms with van der Waals surface area (Å²) in [6, 6.07) is 1.36. The average Bonchev–Trinajstić information content (AvgIpc) is 1.69. The molecule has 0 N–H and O–H groups in total. The highest BCUT2D eigenvalue weighted by Gasteiger charge is 2.08. The van der Waals surface area contributed by atoms with E-state index in [9.17, 15) is 0 Å². The highest BCUT2D eigenvalue weighted by Crippen LogP contribution is 2.12. The van der Waals surface area contributed by atoms with Crippen molar-refractivity contribution in [1.29, 1.82) is 0 Å². The second-order valence-electron chi connectivity index (χ2n) is 1.81. The molecule has 0 amide bonds. The van der Waals surface area contributed by atoms with Gasteiger partial charge in [-0.25, -0.2) is 0 Å². The Morgan fingerprint density at radius 2 is 2.57 bits per heavy atom. The Morgan fingerprint density at radius 1 is 1.71 bits per heavy atom. The molecule has 0 saturated carbocycles. The molecule has 0 aliphatic carbocycles. The van der Waals surface area contributed by atoms with Gasteiger partial charge in [0.2, 0.25) is 0 Å². The first kappa shape index (κ1) is 5.79. The van der Waals surface area contributed by atoms with Crippen LogP contribution >= 0.6 is 15.9 Å². The quantitative estimate of drug-likeness (QED) is 0.394. The lowest BCUT2D eigenvalue weighted by Crippen LogP contribution is -2.17. The summed E-state index contributed by atoms with van der Waals surface area (Å²) in [5, 5.41) is 0. The van der Waals surface area contributed by atoms with Crippen molar-refractivity contribution in [1.82, 2.24) is 0 Å². The van der Waals surface area contributed by atoms with Gasteiger partial charge in [-0.05, 0) is 12.5 Å². The zero-order chi connectivity index (χ0) is 5.11. The number of alkyl halides is 1. The van der Waals surface area contributed by atoms with Crippen molar-refractivity contribution in [3.8, 4) is 0 Å². The number of halogens is 1. The molecule has 7 heavy (non-hydrogen) atoms. The van der Waals surface area contributed by atoms with E-state index in [1.807, 2.05) is 0 Å². The summed E-state index contributed by atoms with van der Waals surface area (Å²) >= 11 is 3.49.